The van der Waals surface area contributed by atoms with Crippen molar-refractivity contribution >= 4 is 22.4 Å². The highest BCUT2D eigenvalue weighted by Gasteiger charge is 2.26. The predicted octanol–water partition coefficient (Wildman–Crippen LogP) is 3.72. The Morgan fingerprint density at radius 1 is 1.10 bits per heavy atom. The minimum Gasteiger partial charge on any atom is -0.320 e. The summed E-state index contributed by atoms with van der Waals surface area (Å²) in [5.41, 5.74) is 3.41. The first-order chi connectivity index (χ1) is 10.2. The van der Waals surface area contributed by atoms with E-state index in [1.807, 2.05) is 35.2 Å². The van der Waals surface area contributed by atoms with Crippen LogP contribution in [0.25, 0.3) is 10.9 Å². The number of rotatable bonds is 1. The smallest absolute Gasteiger partial charge is 0.133 e. The van der Waals surface area contributed by atoms with Gasteiger partial charge in [0.05, 0.1) is 23.9 Å². The van der Waals surface area contributed by atoms with Crippen molar-refractivity contribution in [1.29, 1.82) is 5.41 Å². The second-order valence-electron chi connectivity index (χ2n) is 5.12. The topological polar surface area (TPSA) is 40.0 Å². The van der Waals surface area contributed by atoms with Gasteiger partial charge in [0.2, 0.25) is 0 Å². The van der Waals surface area contributed by atoms with Crippen molar-refractivity contribution in [2.45, 2.75) is 6.54 Å². The van der Waals surface area contributed by atoms with E-state index in [-0.39, 0.29) is 5.82 Å². The van der Waals surface area contributed by atoms with Gasteiger partial charge in [0.25, 0.3) is 0 Å². The highest BCUT2D eigenvalue weighted by molar-refractivity contribution is 6.12. The fourth-order valence-electron chi connectivity index (χ4n) is 2.73. The molecule has 0 saturated heterocycles. The quantitative estimate of drug-likeness (QED) is 0.736. The van der Waals surface area contributed by atoms with Gasteiger partial charge in [0.15, 0.2) is 0 Å². The van der Waals surface area contributed by atoms with Crippen LogP contribution >= 0.6 is 0 Å². The average molecular weight is 277 g/mol. The second-order valence-corrected chi connectivity index (χ2v) is 5.12. The SMILES string of the molecule is N=C1c2cc(F)ccc2CN1c1cnc2ccccc2c1. The Bertz CT molecular complexity index is 873. The highest BCUT2D eigenvalue weighted by atomic mass is 19.1. The van der Waals surface area contributed by atoms with E-state index in [0.29, 0.717) is 17.9 Å². The fraction of sp³-hybridized carbons (Fsp3) is 0.0588. The van der Waals surface area contributed by atoms with E-state index in [1.54, 1.807) is 12.3 Å². The molecule has 102 valence electrons. The lowest BCUT2D eigenvalue weighted by atomic mass is 10.1. The van der Waals surface area contributed by atoms with Gasteiger partial charge in [-0.1, -0.05) is 24.3 Å². The number of nitrogens with zero attached hydrogens (tertiary/aromatic N) is 2. The van der Waals surface area contributed by atoms with Gasteiger partial charge in [-0.05, 0) is 29.8 Å². The maximum Gasteiger partial charge on any atom is 0.133 e. The molecule has 0 aliphatic carbocycles. The van der Waals surface area contributed by atoms with Crippen LogP contribution in [-0.4, -0.2) is 10.8 Å². The lowest BCUT2D eigenvalue weighted by Gasteiger charge is -2.18. The molecule has 2 aromatic carbocycles. The first kappa shape index (κ1) is 12.0. The van der Waals surface area contributed by atoms with Crippen molar-refractivity contribution in [3.63, 3.8) is 0 Å². The summed E-state index contributed by atoms with van der Waals surface area (Å²) >= 11 is 0. The Labute approximate surface area is 121 Å². The molecular formula is C17H12FN3. The molecule has 4 heteroatoms. The van der Waals surface area contributed by atoms with Crippen LogP contribution in [0.4, 0.5) is 10.1 Å². The molecule has 2 heterocycles. The number of anilines is 1. The van der Waals surface area contributed by atoms with Crippen LogP contribution in [0, 0.1) is 11.2 Å². The molecule has 0 unspecified atom stereocenters. The minimum absolute atomic E-state index is 0.308. The van der Waals surface area contributed by atoms with Crippen molar-refractivity contribution in [1.82, 2.24) is 4.98 Å². The summed E-state index contributed by atoms with van der Waals surface area (Å²) in [6.07, 6.45) is 1.76. The van der Waals surface area contributed by atoms with E-state index in [1.165, 1.54) is 12.1 Å². The molecule has 0 saturated carbocycles. The summed E-state index contributed by atoms with van der Waals surface area (Å²) in [7, 11) is 0. The third kappa shape index (κ3) is 1.88. The maximum absolute atomic E-state index is 13.3. The highest BCUT2D eigenvalue weighted by Crippen LogP contribution is 2.29. The number of amidine groups is 1. The number of para-hydroxylation sites is 1. The van der Waals surface area contributed by atoms with Crippen LogP contribution in [0.5, 0.6) is 0 Å². The van der Waals surface area contributed by atoms with Gasteiger partial charge in [-0.15, -0.1) is 0 Å². The molecule has 0 bridgehead atoms. The van der Waals surface area contributed by atoms with Crippen molar-refractivity contribution in [3.05, 3.63) is 71.7 Å². The summed E-state index contributed by atoms with van der Waals surface area (Å²) in [6, 6.07) is 14.5. The summed E-state index contributed by atoms with van der Waals surface area (Å²) in [4.78, 5) is 6.28. The van der Waals surface area contributed by atoms with E-state index in [2.05, 4.69) is 4.98 Å². The number of benzene rings is 2. The van der Waals surface area contributed by atoms with Gasteiger partial charge < -0.3 is 4.90 Å². The Hall–Kier alpha value is -2.75. The van der Waals surface area contributed by atoms with Crippen molar-refractivity contribution in [3.8, 4) is 0 Å². The minimum atomic E-state index is -0.308. The third-order valence-corrected chi connectivity index (χ3v) is 3.81. The average Bonchev–Trinajstić information content (AvgIpc) is 2.84. The van der Waals surface area contributed by atoms with Gasteiger partial charge in [-0.2, -0.15) is 0 Å². The molecule has 4 rings (SSSR count). The zero-order valence-electron chi connectivity index (χ0n) is 11.2. The number of fused-ring (bicyclic) bond motifs is 2. The molecular weight excluding hydrogens is 265 g/mol. The van der Waals surface area contributed by atoms with Gasteiger partial charge in [-0.25, -0.2) is 4.39 Å². The van der Waals surface area contributed by atoms with Crippen LogP contribution in [0.3, 0.4) is 0 Å². The number of nitrogens with one attached hydrogen (secondary N) is 1. The van der Waals surface area contributed by atoms with Crippen LogP contribution in [0.1, 0.15) is 11.1 Å². The van der Waals surface area contributed by atoms with E-state index in [9.17, 15) is 4.39 Å². The van der Waals surface area contributed by atoms with E-state index in [4.69, 9.17) is 5.41 Å². The van der Waals surface area contributed by atoms with E-state index >= 15 is 0 Å². The summed E-state index contributed by atoms with van der Waals surface area (Å²) in [6.45, 7) is 0.578. The zero-order valence-corrected chi connectivity index (χ0v) is 11.2. The van der Waals surface area contributed by atoms with Gasteiger partial charge in [-0.3, -0.25) is 10.4 Å². The van der Waals surface area contributed by atoms with Crippen molar-refractivity contribution in [2.75, 3.05) is 4.90 Å². The summed E-state index contributed by atoms with van der Waals surface area (Å²) in [5, 5.41) is 9.29. The van der Waals surface area contributed by atoms with Crippen LogP contribution in [0.15, 0.2) is 54.7 Å². The Morgan fingerprint density at radius 2 is 1.95 bits per heavy atom. The molecule has 1 aliphatic heterocycles. The second kappa shape index (κ2) is 4.38. The molecule has 1 N–H and O–H groups in total. The molecule has 0 fully saturated rings. The first-order valence-corrected chi connectivity index (χ1v) is 6.72. The molecule has 3 aromatic rings. The largest absolute Gasteiger partial charge is 0.320 e. The third-order valence-electron chi connectivity index (χ3n) is 3.81. The molecule has 0 atom stereocenters. The van der Waals surface area contributed by atoms with Gasteiger partial charge in [0.1, 0.15) is 11.7 Å². The van der Waals surface area contributed by atoms with Crippen LogP contribution < -0.4 is 4.90 Å². The summed E-state index contributed by atoms with van der Waals surface area (Å²) < 4.78 is 13.3. The Balaban J connectivity index is 1.78. The van der Waals surface area contributed by atoms with Crippen molar-refractivity contribution in [2.24, 2.45) is 0 Å². The monoisotopic (exact) mass is 277 g/mol. The fourth-order valence-corrected chi connectivity index (χ4v) is 2.73. The predicted molar refractivity (Wildman–Crippen MR) is 81.2 cm³/mol. The number of hydrogen-bond donors (Lipinski definition) is 1. The maximum atomic E-state index is 13.3. The van der Waals surface area contributed by atoms with Crippen molar-refractivity contribution < 1.29 is 4.39 Å². The van der Waals surface area contributed by atoms with Gasteiger partial charge >= 0.3 is 0 Å². The Kier molecular flexibility index (Phi) is 2.51. The lowest BCUT2D eigenvalue weighted by molar-refractivity contribution is 0.627. The normalized spacial score (nSPS) is 13.8. The lowest BCUT2D eigenvalue weighted by Crippen LogP contribution is -2.23. The zero-order chi connectivity index (χ0) is 14.4. The standard InChI is InChI=1S/C17H12FN3/c18-13-6-5-12-10-21(17(19)15(12)8-13)14-7-11-3-1-2-4-16(11)20-9-14/h1-9,19H,10H2. The number of pyridine rings is 1. The van der Waals surface area contributed by atoms with Crippen LogP contribution in [-0.2, 0) is 6.54 Å². The molecule has 0 radical (unpaired) electrons. The molecule has 3 nitrogen and oxygen atoms in total. The van der Waals surface area contributed by atoms with E-state index < -0.39 is 0 Å². The molecule has 1 aromatic heterocycles. The van der Waals surface area contributed by atoms with Crippen LogP contribution in [0.2, 0.25) is 0 Å². The van der Waals surface area contributed by atoms with E-state index in [0.717, 1.165) is 22.2 Å². The number of halogens is 1. The molecule has 0 amide bonds. The number of hydrogen-bond acceptors (Lipinski definition) is 2. The molecule has 0 spiro atoms. The molecule has 1 aliphatic rings. The molecule has 21 heavy (non-hydrogen) atoms. The van der Waals surface area contributed by atoms with Gasteiger partial charge in [0, 0.05) is 10.9 Å². The number of aromatic nitrogens is 1. The first-order valence-electron chi connectivity index (χ1n) is 6.72. The summed E-state index contributed by atoms with van der Waals surface area (Å²) in [5.74, 6) is 0.0126. The Morgan fingerprint density at radius 3 is 2.86 bits per heavy atom.